The fourth-order valence-corrected chi connectivity index (χ4v) is 2.98. The van der Waals surface area contributed by atoms with E-state index in [0.29, 0.717) is 5.15 Å². The molecule has 0 unspecified atom stereocenters. The Balaban J connectivity index is 0.00000312. The number of hydrogen-bond donors (Lipinski definition) is 2. The number of nitrogens with zero attached hydrogens (tertiary/aromatic N) is 3. The third-order valence-corrected chi connectivity index (χ3v) is 4.41. The summed E-state index contributed by atoms with van der Waals surface area (Å²) in [4.78, 5) is 11.3. The molecular weight excluding hydrogens is 449 g/mol. The molecule has 1 fully saturated rings. The molecular formula is C18H31ClIN5. The van der Waals surface area contributed by atoms with Crippen molar-refractivity contribution in [3.63, 3.8) is 0 Å². The maximum absolute atomic E-state index is 5.80. The van der Waals surface area contributed by atoms with Gasteiger partial charge in [0.2, 0.25) is 0 Å². The highest BCUT2D eigenvalue weighted by atomic mass is 127. The molecule has 2 heterocycles. The molecule has 25 heavy (non-hydrogen) atoms. The second-order valence-corrected chi connectivity index (χ2v) is 6.57. The Kier molecular flexibility index (Phi) is 12.2. The van der Waals surface area contributed by atoms with E-state index in [0.717, 1.165) is 38.4 Å². The number of nitrogens with one attached hydrogen (secondary N) is 2. The Morgan fingerprint density at radius 3 is 2.72 bits per heavy atom. The Bertz CT molecular complexity index is 489. The lowest BCUT2D eigenvalue weighted by Gasteiger charge is -2.14. The van der Waals surface area contributed by atoms with Crippen molar-refractivity contribution in [1.82, 2.24) is 20.5 Å². The molecule has 0 aromatic carbocycles. The normalized spacial score (nSPS) is 15.0. The van der Waals surface area contributed by atoms with Gasteiger partial charge in [-0.3, -0.25) is 4.99 Å². The van der Waals surface area contributed by atoms with Crippen molar-refractivity contribution in [2.45, 2.75) is 39.0 Å². The molecule has 1 aliphatic rings. The first-order valence-electron chi connectivity index (χ1n) is 9.13. The van der Waals surface area contributed by atoms with Gasteiger partial charge in [-0.15, -0.1) is 24.0 Å². The van der Waals surface area contributed by atoms with Crippen molar-refractivity contribution in [3.8, 4) is 0 Å². The van der Waals surface area contributed by atoms with Crippen molar-refractivity contribution in [2.24, 2.45) is 4.99 Å². The van der Waals surface area contributed by atoms with Gasteiger partial charge in [0.1, 0.15) is 5.15 Å². The number of hydrogen-bond acceptors (Lipinski definition) is 3. The smallest absolute Gasteiger partial charge is 0.191 e. The average Bonchev–Trinajstić information content (AvgIpc) is 3.10. The SMILES string of the molecule is CCNC(=NCCCCN1CCCC1)NCCc1ccc(Cl)nc1.I. The molecule has 1 aromatic rings. The number of unbranched alkanes of at least 4 members (excludes halogenated alkanes) is 1. The quantitative estimate of drug-likeness (QED) is 0.188. The van der Waals surface area contributed by atoms with Crippen LogP contribution < -0.4 is 10.6 Å². The molecule has 0 saturated carbocycles. The molecule has 0 bridgehead atoms. The first-order chi connectivity index (χ1) is 11.8. The monoisotopic (exact) mass is 479 g/mol. The van der Waals surface area contributed by atoms with E-state index in [-0.39, 0.29) is 24.0 Å². The highest BCUT2D eigenvalue weighted by molar-refractivity contribution is 14.0. The van der Waals surface area contributed by atoms with E-state index in [9.17, 15) is 0 Å². The summed E-state index contributed by atoms with van der Waals surface area (Å²) < 4.78 is 0. The minimum Gasteiger partial charge on any atom is -0.357 e. The van der Waals surface area contributed by atoms with E-state index in [2.05, 4.69) is 32.4 Å². The van der Waals surface area contributed by atoms with Crippen LogP contribution in [0.1, 0.15) is 38.2 Å². The second-order valence-electron chi connectivity index (χ2n) is 6.18. The Labute approximate surface area is 174 Å². The van der Waals surface area contributed by atoms with Crippen LogP contribution in [0.3, 0.4) is 0 Å². The Morgan fingerprint density at radius 2 is 2.04 bits per heavy atom. The predicted molar refractivity (Wildman–Crippen MR) is 117 cm³/mol. The minimum absolute atomic E-state index is 0. The van der Waals surface area contributed by atoms with Gasteiger partial charge in [0.05, 0.1) is 0 Å². The summed E-state index contributed by atoms with van der Waals surface area (Å²) in [5.74, 6) is 0.903. The van der Waals surface area contributed by atoms with Crippen LogP contribution in [0.4, 0.5) is 0 Å². The van der Waals surface area contributed by atoms with Crippen LogP contribution in [-0.2, 0) is 6.42 Å². The molecule has 0 radical (unpaired) electrons. The number of likely N-dealkylation sites (tertiary alicyclic amines) is 1. The Morgan fingerprint density at radius 1 is 1.24 bits per heavy atom. The average molecular weight is 480 g/mol. The zero-order valence-electron chi connectivity index (χ0n) is 15.1. The van der Waals surface area contributed by atoms with E-state index in [4.69, 9.17) is 11.6 Å². The predicted octanol–water partition coefficient (Wildman–Crippen LogP) is 3.33. The number of rotatable bonds is 9. The van der Waals surface area contributed by atoms with Crippen molar-refractivity contribution in [2.75, 3.05) is 39.3 Å². The standard InChI is InChI=1S/C18H30ClN5.HI/c1-2-20-18(21-10-3-4-12-24-13-5-6-14-24)22-11-9-16-7-8-17(19)23-15-16;/h7-8,15H,2-6,9-14H2,1H3,(H2,20,21,22);1H. The van der Waals surface area contributed by atoms with Crippen LogP contribution >= 0.6 is 35.6 Å². The topological polar surface area (TPSA) is 52.6 Å². The lowest BCUT2D eigenvalue weighted by atomic mass is 10.2. The van der Waals surface area contributed by atoms with Gasteiger partial charge in [0.25, 0.3) is 0 Å². The van der Waals surface area contributed by atoms with Gasteiger partial charge < -0.3 is 15.5 Å². The first-order valence-corrected chi connectivity index (χ1v) is 9.50. The zero-order chi connectivity index (χ0) is 17.0. The van der Waals surface area contributed by atoms with Crippen molar-refractivity contribution < 1.29 is 0 Å². The molecule has 7 heteroatoms. The minimum atomic E-state index is 0. The van der Waals surface area contributed by atoms with Gasteiger partial charge in [-0.25, -0.2) is 4.98 Å². The first kappa shape index (κ1) is 22.4. The summed E-state index contributed by atoms with van der Waals surface area (Å²) in [5.41, 5.74) is 1.17. The summed E-state index contributed by atoms with van der Waals surface area (Å²) >= 11 is 5.80. The van der Waals surface area contributed by atoms with Gasteiger partial charge in [0.15, 0.2) is 5.96 Å². The lowest BCUT2D eigenvalue weighted by molar-refractivity contribution is 0.331. The number of guanidine groups is 1. The number of pyridine rings is 1. The zero-order valence-corrected chi connectivity index (χ0v) is 18.2. The highest BCUT2D eigenvalue weighted by Gasteiger charge is 2.09. The van der Waals surface area contributed by atoms with Crippen LogP contribution in [0.2, 0.25) is 5.15 Å². The second kappa shape index (κ2) is 13.6. The fourth-order valence-electron chi connectivity index (χ4n) is 2.87. The summed E-state index contributed by atoms with van der Waals surface area (Å²) in [5, 5.41) is 7.22. The molecule has 1 aromatic heterocycles. The summed E-state index contributed by atoms with van der Waals surface area (Å²) in [6.07, 6.45) is 7.86. The lowest BCUT2D eigenvalue weighted by Crippen LogP contribution is -2.38. The maximum Gasteiger partial charge on any atom is 0.191 e. The van der Waals surface area contributed by atoms with Crippen LogP contribution in [0.15, 0.2) is 23.3 Å². The summed E-state index contributed by atoms with van der Waals surface area (Å²) in [6.45, 7) is 8.48. The molecule has 2 N–H and O–H groups in total. The van der Waals surface area contributed by atoms with E-state index < -0.39 is 0 Å². The highest BCUT2D eigenvalue weighted by Crippen LogP contribution is 2.08. The largest absolute Gasteiger partial charge is 0.357 e. The van der Waals surface area contributed by atoms with E-state index in [1.807, 2.05) is 18.3 Å². The molecule has 1 saturated heterocycles. The molecule has 0 atom stereocenters. The van der Waals surface area contributed by atoms with Gasteiger partial charge in [0, 0.05) is 25.8 Å². The number of halogens is 2. The van der Waals surface area contributed by atoms with Crippen LogP contribution in [-0.4, -0.2) is 55.1 Å². The van der Waals surface area contributed by atoms with Crippen LogP contribution in [0.5, 0.6) is 0 Å². The molecule has 0 spiro atoms. The summed E-state index contributed by atoms with van der Waals surface area (Å²) in [7, 11) is 0. The van der Waals surface area contributed by atoms with Crippen molar-refractivity contribution in [1.29, 1.82) is 0 Å². The van der Waals surface area contributed by atoms with Crippen LogP contribution in [0.25, 0.3) is 0 Å². The van der Waals surface area contributed by atoms with E-state index >= 15 is 0 Å². The molecule has 1 aliphatic heterocycles. The Hall–Kier alpha value is -0.600. The maximum atomic E-state index is 5.80. The van der Waals surface area contributed by atoms with Gasteiger partial charge in [-0.2, -0.15) is 0 Å². The van der Waals surface area contributed by atoms with Gasteiger partial charge in [-0.1, -0.05) is 17.7 Å². The number of aliphatic imine (C=N–C) groups is 1. The van der Waals surface area contributed by atoms with E-state index in [1.165, 1.54) is 44.5 Å². The molecule has 0 aliphatic carbocycles. The number of aromatic nitrogens is 1. The molecule has 2 rings (SSSR count). The van der Waals surface area contributed by atoms with Gasteiger partial charge >= 0.3 is 0 Å². The third-order valence-electron chi connectivity index (χ3n) is 4.19. The van der Waals surface area contributed by atoms with Crippen molar-refractivity contribution in [3.05, 3.63) is 29.0 Å². The molecule has 142 valence electrons. The van der Waals surface area contributed by atoms with Gasteiger partial charge in [-0.05, 0) is 70.3 Å². The van der Waals surface area contributed by atoms with Crippen molar-refractivity contribution >= 4 is 41.5 Å². The van der Waals surface area contributed by atoms with Crippen LogP contribution in [0, 0.1) is 0 Å². The molecule has 0 amide bonds. The fraction of sp³-hybridized carbons (Fsp3) is 0.667. The van der Waals surface area contributed by atoms with E-state index in [1.54, 1.807) is 0 Å². The summed E-state index contributed by atoms with van der Waals surface area (Å²) in [6, 6.07) is 3.84. The third kappa shape index (κ3) is 9.61. The molecule has 5 nitrogen and oxygen atoms in total.